The van der Waals surface area contributed by atoms with E-state index in [9.17, 15) is 8.42 Å². The zero-order chi connectivity index (χ0) is 12.5. The summed E-state index contributed by atoms with van der Waals surface area (Å²) in [5.74, 6) is 0.970. The van der Waals surface area contributed by atoms with E-state index in [1.54, 1.807) is 6.92 Å². The molecular formula is C13H17BrO2S. The number of rotatable bonds is 4. The Hall–Kier alpha value is -0.350. The number of benzene rings is 1. The Morgan fingerprint density at radius 1 is 1.35 bits per heavy atom. The Bertz CT molecular complexity index is 496. The summed E-state index contributed by atoms with van der Waals surface area (Å²) in [7, 11) is -2.84. The van der Waals surface area contributed by atoms with E-state index < -0.39 is 9.84 Å². The fourth-order valence-corrected chi connectivity index (χ4v) is 4.20. The average Bonchev–Trinajstić information content (AvgIpc) is 2.65. The van der Waals surface area contributed by atoms with Gasteiger partial charge in [0.2, 0.25) is 0 Å². The van der Waals surface area contributed by atoms with Crippen molar-refractivity contribution in [3.8, 4) is 0 Å². The van der Waals surface area contributed by atoms with Crippen LogP contribution in [-0.2, 0) is 16.3 Å². The molecule has 2 rings (SSSR count). The van der Waals surface area contributed by atoms with E-state index >= 15 is 0 Å². The van der Waals surface area contributed by atoms with E-state index in [1.165, 1.54) is 11.1 Å². The maximum Gasteiger partial charge on any atom is 0.150 e. The lowest BCUT2D eigenvalue weighted by atomic mass is 10.0. The van der Waals surface area contributed by atoms with Crippen molar-refractivity contribution in [1.82, 2.24) is 0 Å². The Labute approximate surface area is 111 Å². The summed E-state index contributed by atoms with van der Waals surface area (Å²) < 4.78 is 23.0. The number of halogens is 1. The molecular weight excluding hydrogens is 300 g/mol. The van der Waals surface area contributed by atoms with Gasteiger partial charge in [0.25, 0.3) is 0 Å². The molecule has 2 atom stereocenters. The summed E-state index contributed by atoms with van der Waals surface area (Å²) in [6.07, 6.45) is 1.74. The topological polar surface area (TPSA) is 34.1 Å². The molecule has 0 heterocycles. The van der Waals surface area contributed by atoms with E-state index in [4.69, 9.17) is 0 Å². The standard InChI is InChI=1S/C13H17BrO2S/c1-2-17(15,16)8-7-11-9-10-5-3-4-6-12(10)13(11)14/h3-6,11,13H,2,7-9H2,1H3. The Morgan fingerprint density at radius 2 is 2.06 bits per heavy atom. The fraction of sp³-hybridized carbons (Fsp3) is 0.538. The largest absolute Gasteiger partial charge is 0.229 e. The first-order valence-corrected chi connectivity index (χ1v) is 8.69. The molecule has 0 saturated heterocycles. The summed E-state index contributed by atoms with van der Waals surface area (Å²) in [5.41, 5.74) is 2.68. The van der Waals surface area contributed by atoms with Crippen LogP contribution in [0, 0.1) is 5.92 Å². The van der Waals surface area contributed by atoms with Crippen LogP contribution < -0.4 is 0 Å². The molecule has 0 amide bonds. The van der Waals surface area contributed by atoms with E-state index in [2.05, 4.69) is 28.1 Å². The van der Waals surface area contributed by atoms with Gasteiger partial charge in [-0.15, -0.1) is 0 Å². The maximum absolute atomic E-state index is 11.5. The molecule has 94 valence electrons. The number of fused-ring (bicyclic) bond motifs is 1. The second-order valence-electron chi connectivity index (χ2n) is 4.59. The quantitative estimate of drug-likeness (QED) is 0.800. The lowest BCUT2D eigenvalue weighted by Crippen LogP contribution is -2.14. The highest BCUT2D eigenvalue weighted by Gasteiger charge is 2.30. The summed E-state index contributed by atoms with van der Waals surface area (Å²) in [5, 5.41) is 0. The van der Waals surface area contributed by atoms with Gasteiger partial charge in [-0.1, -0.05) is 47.1 Å². The van der Waals surface area contributed by atoms with E-state index in [-0.39, 0.29) is 5.75 Å². The lowest BCUT2D eigenvalue weighted by molar-refractivity contribution is 0.528. The van der Waals surface area contributed by atoms with Gasteiger partial charge in [0.15, 0.2) is 0 Å². The molecule has 17 heavy (non-hydrogen) atoms. The van der Waals surface area contributed by atoms with Crippen LogP contribution in [0.25, 0.3) is 0 Å². The molecule has 1 aromatic rings. The molecule has 1 aliphatic carbocycles. The molecule has 0 saturated carbocycles. The van der Waals surface area contributed by atoms with Gasteiger partial charge in [0.05, 0.1) is 5.75 Å². The molecule has 2 unspecified atom stereocenters. The predicted molar refractivity (Wildman–Crippen MR) is 74.2 cm³/mol. The zero-order valence-electron chi connectivity index (χ0n) is 9.90. The Kier molecular flexibility index (Phi) is 3.93. The SMILES string of the molecule is CCS(=O)(=O)CCC1Cc2ccccc2C1Br. The first-order valence-electron chi connectivity index (χ1n) is 5.96. The molecule has 0 aromatic heterocycles. The number of hydrogen-bond acceptors (Lipinski definition) is 2. The number of alkyl halides is 1. The average molecular weight is 317 g/mol. The molecule has 0 fully saturated rings. The third kappa shape index (κ3) is 2.91. The molecule has 1 aromatic carbocycles. The third-order valence-electron chi connectivity index (χ3n) is 3.49. The van der Waals surface area contributed by atoms with Crippen LogP contribution in [0.1, 0.15) is 29.3 Å². The van der Waals surface area contributed by atoms with Crippen molar-refractivity contribution in [2.75, 3.05) is 11.5 Å². The van der Waals surface area contributed by atoms with Crippen LogP contribution in [0.4, 0.5) is 0 Å². The van der Waals surface area contributed by atoms with E-state index in [1.807, 2.05) is 12.1 Å². The summed E-state index contributed by atoms with van der Waals surface area (Å²) in [6.45, 7) is 1.71. The van der Waals surface area contributed by atoms with Crippen molar-refractivity contribution < 1.29 is 8.42 Å². The van der Waals surface area contributed by atoms with Crippen molar-refractivity contribution in [3.05, 3.63) is 35.4 Å². The summed E-state index contributed by atoms with van der Waals surface area (Å²) in [6, 6.07) is 8.35. The summed E-state index contributed by atoms with van der Waals surface area (Å²) in [4.78, 5) is 0.311. The van der Waals surface area contributed by atoms with Gasteiger partial charge >= 0.3 is 0 Å². The van der Waals surface area contributed by atoms with Gasteiger partial charge in [-0.25, -0.2) is 8.42 Å². The second-order valence-corrected chi connectivity index (χ2v) is 8.05. The first-order chi connectivity index (χ1) is 8.03. The van der Waals surface area contributed by atoms with E-state index in [0.29, 0.717) is 16.5 Å². The van der Waals surface area contributed by atoms with Gasteiger partial charge in [0.1, 0.15) is 9.84 Å². The Balaban J connectivity index is 2.03. The van der Waals surface area contributed by atoms with Crippen LogP contribution in [0.2, 0.25) is 0 Å². The van der Waals surface area contributed by atoms with Crippen molar-refractivity contribution >= 4 is 25.8 Å². The van der Waals surface area contributed by atoms with Crippen molar-refractivity contribution in [1.29, 1.82) is 0 Å². The molecule has 0 bridgehead atoms. The smallest absolute Gasteiger partial charge is 0.150 e. The van der Waals surface area contributed by atoms with Crippen molar-refractivity contribution in [2.24, 2.45) is 5.92 Å². The molecule has 0 N–H and O–H groups in total. The minimum atomic E-state index is -2.84. The molecule has 0 radical (unpaired) electrons. The highest BCUT2D eigenvalue weighted by Crippen LogP contribution is 2.43. The molecule has 0 spiro atoms. The van der Waals surface area contributed by atoms with Gasteiger partial charge < -0.3 is 0 Å². The van der Waals surface area contributed by atoms with Crippen LogP contribution in [0.3, 0.4) is 0 Å². The second kappa shape index (κ2) is 5.11. The molecule has 4 heteroatoms. The monoisotopic (exact) mass is 316 g/mol. The number of sulfone groups is 1. The van der Waals surface area contributed by atoms with Crippen molar-refractivity contribution in [2.45, 2.75) is 24.6 Å². The van der Waals surface area contributed by atoms with Gasteiger partial charge in [0, 0.05) is 10.6 Å². The van der Waals surface area contributed by atoms with Gasteiger partial charge in [-0.05, 0) is 29.9 Å². The molecule has 2 nitrogen and oxygen atoms in total. The van der Waals surface area contributed by atoms with Gasteiger partial charge in [-0.3, -0.25) is 0 Å². The molecule has 1 aliphatic rings. The van der Waals surface area contributed by atoms with E-state index in [0.717, 1.165) is 12.8 Å². The minimum Gasteiger partial charge on any atom is -0.229 e. The first kappa shape index (κ1) is 13.1. The summed E-state index contributed by atoms with van der Waals surface area (Å²) >= 11 is 3.70. The number of hydrogen-bond donors (Lipinski definition) is 0. The Morgan fingerprint density at radius 3 is 2.71 bits per heavy atom. The lowest BCUT2D eigenvalue weighted by Gasteiger charge is -2.14. The minimum absolute atomic E-state index is 0.250. The van der Waals surface area contributed by atoms with Crippen LogP contribution in [0.15, 0.2) is 24.3 Å². The zero-order valence-corrected chi connectivity index (χ0v) is 12.3. The highest BCUT2D eigenvalue weighted by atomic mass is 79.9. The van der Waals surface area contributed by atoms with Gasteiger partial charge in [-0.2, -0.15) is 0 Å². The van der Waals surface area contributed by atoms with Crippen molar-refractivity contribution in [3.63, 3.8) is 0 Å². The molecule has 0 aliphatic heterocycles. The highest BCUT2D eigenvalue weighted by molar-refractivity contribution is 9.09. The normalized spacial score (nSPS) is 23.6. The predicted octanol–water partition coefficient (Wildman–Crippen LogP) is 3.12. The maximum atomic E-state index is 11.5. The third-order valence-corrected chi connectivity index (χ3v) is 6.47. The van der Waals surface area contributed by atoms with Crippen LogP contribution in [0.5, 0.6) is 0 Å². The van der Waals surface area contributed by atoms with Crippen LogP contribution in [-0.4, -0.2) is 19.9 Å². The van der Waals surface area contributed by atoms with Crippen LogP contribution >= 0.6 is 15.9 Å². The fourth-order valence-electron chi connectivity index (χ4n) is 2.35.